The SMILES string of the molecule is O=c1[nH]c(-c2ccccn2)nc2c1CCN(Cc1cncn1Cc1ccccc1)C2. The number of fused-ring (bicyclic) bond motifs is 1. The lowest BCUT2D eigenvalue weighted by atomic mass is 10.1. The molecule has 0 bridgehead atoms. The standard InChI is InChI=1S/C23H22N6O/c30-23-19-9-11-28(15-21(19)26-22(27-23)20-8-4-5-10-25-20)14-18-12-24-16-29(18)13-17-6-2-1-3-7-17/h1-8,10,12,16H,9,11,13-15H2,(H,26,27,30). The summed E-state index contributed by atoms with van der Waals surface area (Å²) in [6.07, 6.45) is 6.19. The normalized spacial score (nSPS) is 13.9. The third kappa shape index (κ3) is 3.79. The van der Waals surface area contributed by atoms with Crippen LogP contribution in [0.15, 0.2) is 72.0 Å². The fourth-order valence-corrected chi connectivity index (χ4v) is 3.88. The van der Waals surface area contributed by atoms with Crippen LogP contribution in [0.4, 0.5) is 0 Å². The van der Waals surface area contributed by atoms with E-state index >= 15 is 0 Å². The quantitative estimate of drug-likeness (QED) is 0.559. The Hall–Kier alpha value is -3.58. The lowest BCUT2D eigenvalue weighted by molar-refractivity contribution is 0.235. The monoisotopic (exact) mass is 398 g/mol. The van der Waals surface area contributed by atoms with E-state index in [4.69, 9.17) is 4.98 Å². The molecule has 0 saturated carbocycles. The van der Waals surface area contributed by atoms with Gasteiger partial charge in [0.15, 0.2) is 5.82 Å². The van der Waals surface area contributed by atoms with Gasteiger partial charge in [0, 0.05) is 44.1 Å². The Morgan fingerprint density at radius 3 is 2.73 bits per heavy atom. The molecule has 0 radical (unpaired) electrons. The lowest BCUT2D eigenvalue weighted by Gasteiger charge is -2.27. The Morgan fingerprint density at radius 1 is 1.03 bits per heavy atom. The molecule has 1 aliphatic heterocycles. The number of hydrogen-bond donors (Lipinski definition) is 1. The summed E-state index contributed by atoms with van der Waals surface area (Å²) in [4.78, 5) is 31.2. The summed E-state index contributed by atoms with van der Waals surface area (Å²) in [5.74, 6) is 0.523. The zero-order valence-electron chi connectivity index (χ0n) is 16.5. The minimum absolute atomic E-state index is 0.0607. The molecular formula is C23H22N6O. The molecule has 0 amide bonds. The molecule has 150 valence electrons. The van der Waals surface area contributed by atoms with Crippen LogP contribution in [-0.2, 0) is 26.1 Å². The number of rotatable bonds is 5. The summed E-state index contributed by atoms with van der Waals surface area (Å²) < 4.78 is 2.18. The van der Waals surface area contributed by atoms with Crippen molar-refractivity contribution < 1.29 is 0 Å². The summed E-state index contributed by atoms with van der Waals surface area (Å²) in [5.41, 5.74) is 4.62. The molecule has 4 aromatic rings. The van der Waals surface area contributed by atoms with Crippen molar-refractivity contribution in [1.82, 2.24) is 29.4 Å². The molecule has 0 unspecified atom stereocenters. The van der Waals surface area contributed by atoms with Gasteiger partial charge in [-0.3, -0.25) is 14.7 Å². The number of aromatic nitrogens is 5. The lowest BCUT2D eigenvalue weighted by Crippen LogP contribution is -2.35. The first kappa shape index (κ1) is 18.4. The number of pyridine rings is 1. The second kappa shape index (κ2) is 8.04. The predicted octanol–water partition coefficient (Wildman–Crippen LogP) is 2.64. The van der Waals surface area contributed by atoms with E-state index in [-0.39, 0.29) is 5.56 Å². The van der Waals surface area contributed by atoms with Gasteiger partial charge in [-0.2, -0.15) is 0 Å². The van der Waals surface area contributed by atoms with E-state index in [2.05, 4.69) is 48.7 Å². The van der Waals surface area contributed by atoms with Crippen LogP contribution in [0.3, 0.4) is 0 Å². The van der Waals surface area contributed by atoms with Gasteiger partial charge in [0.1, 0.15) is 5.69 Å². The maximum atomic E-state index is 12.6. The van der Waals surface area contributed by atoms with E-state index in [1.54, 1.807) is 6.20 Å². The first-order chi connectivity index (χ1) is 14.8. The number of nitrogens with zero attached hydrogens (tertiary/aromatic N) is 5. The molecule has 4 heterocycles. The van der Waals surface area contributed by atoms with Crippen molar-refractivity contribution >= 4 is 0 Å². The van der Waals surface area contributed by atoms with E-state index in [1.165, 1.54) is 5.56 Å². The minimum atomic E-state index is -0.0607. The maximum absolute atomic E-state index is 12.6. The van der Waals surface area contributed by atoms with Crippen LogP contribution >= 0.6 is 0 Å². The summed E-state index contributed by atoms with van der Waals surface area (Å²) >= 11 is 0. The highest BCUT2D eigenvalue weighted by atomic mass is 16.1. The molecule has 3 aromatic heterocycles. The van der Waals surface area contributed by atoms with Crippen LogP contribution in [-0.4, -0.2) is 35.9 Å². The fourth-order valence-electron chi connectivity index (χ4n) is 3.88. The van der Waals surface area contributed by atoms with Crippen molar-refractivity contribution in [2.24, 2.45) is 0 Å². The number of hydrogen-bond acceptors (Lipinski definition) is 5. The highest BCUT2D eigenvalue weighted by Crippen LogP contribution is 2.19. The van der Waals surface area contributed by atoms with Gasteiger partial charge in [0.2, 0.25) is 0 Å². The maximum Gasteiger partial charge on any atom is 0.254 e. The third-order valence-corrected chi connectivity index (χ3v) is 5.44. The smallest absolute Gasteiger partial charge is 0.254 e. The Morgan fingerprint density at radius 2 is 1.90 bits per heavy atom. The second-order valence-electron chi connectivity index (χ2n) is 7.51. The van der Waals surface area contributed by atoms with E-state index in [0.717, 1.165) is 36.6 Å². The van der Waals surface area contributed by atoms with Gasteiger partial charge in [-0.1, -0.05) is 36.4 Å². The molecule has 1 N–H and O–H groups in total. The van der Waals surface area contributed by atoms with E-state index in [9.17, 15) is 4.79 Å². The van der Waals surface area contributed by atoms with Crippen molar-refractivity contribution in [1.29, 1.82) is 0 Å². The van der Waals surface area contributed by atoms with Crippen molar-refractivity contribution in [2.75, 3.05) is 6.54 Å². The van der Waals surface area contributed by atoms with Gasteiger partial charge in [-0.15, -0.1) is 0 Å². The summed E-state index contributed by atoms with van der Waals surface area (Å²) in [6, 6.07) is 16.0. The Balaban J connectivity index is 1.36. The van der Waals surface area contributed by atoms with Crippen LogP contribution in [0.2, 0.25) is 0 Å². The zero-order chi connectivity index (χ0) is 20.3. The average molecular weight is 398 g/mol. The molecule has 0 atom stereocenters. The number of aromatic amines is 1. The summed E-state index contributed by atoms with van der Waals surface area (Å²) in [6.45, 7) is 3.01. The van der Waals surface area contributed by atoms with Crippen molar-refractivity contribution in [3.8, 4) is 11.5 Å². The van der Waals surface area contributed by atoms with Crippen LogP contribution in [0.5, 0.6) is 0 Å². The minimum Gasteiger partial charge on any atom is -0.329 e. The topological polar surface area (TPSA) is 79.7 Å². The van der Waals surface area contributed by atoms with Crippen LogP contribution in [0.25, 0.3) is 11.5 Å². The first-order valence-electron chi connectivity index (χ1n) is 10.0. The summed E-state index contributed by atoms with van der Waals surface area (Å²) in [7, 11) is 0. The van der Waals surface area contributed by atoms with Gasteiger partial charge < -0.3 is 9.55 Å². The molecule has 7 heteroatoms. The largest absolute Gasteiger partial charge is 0.329 e. The molecule has 7 nitrogen and oxygen atoms in total. The summed E-state index contributed by atoms with van der Waals surface area (Å²) in [5, 5.41) is 0. The van der Waals surface area contributed by atoms with Gasteiger partial charge >= 0.3 is 0 Å². The van der Waals surface area contributed by atoms with E-state index in [1.807, 2.05) is 36.8 Å². The van der Waals surface area contributed by atoms with Gasteiger partial charge in [-0.05, 0) is 24.1 Å². The van der Waals surface area contributed by atoms with Crippen molar-refractivity contribution in [2.45, 2.75) is 26.1 Å². The predicted molar refractivity (Wildman–Crippen MR) is 114 cm³/mol. The van der Waals surface area contributed by atoms with Gasteiger partial charge in [-0.25, -0.2) is 9.97 Å². The van der Waals surface area contributed by atoms with Crippen molar-refractivity contribution in [3.05, 3.63) is 100 Å². The average Bonchev–Trinajstić information content (AvgIpc) is 3.21. The fraction of sp³-hybridized carbons (Fsp3) is 0.217. The molecule has 1 aromatic carbocycles. The van der Waals surface area contributed by atoms with Gasteiger partial charge in [0.05, 0.1) is 17.7 Å². The number of benzene rings is 1. The third-order valence-electron chi connectivity index (χ3n) is 5.44. The van der Waals surface area contributed by atoms with Crippen LogP contribution < -0.4 is 5.56 Å². The molecule has 1 aliphatic rings. The first-order valence-corrected chi connectivity index (χ1v) is 10.0. The second-order valence-corrected chi connectivity index (χ2v) is 7.51. The Labute approximate surface area is 174 Å². The number of imidazole rings is 1. The van der Waals surface area contributed by atoms with E-state index < -0.39 is 0 Å². The molecule has 0 aliphatic carbocycles. The number of H-pyrrole nitrogens is 1. The molecule has 5 rings (SSSR count). The highest BCUT2D eigenvalue weighted by Gasteiger charge is 2.22. The van der Waals surface area contributed by atoms with Crippen LogP contribution in [0.1, 0.15) is 22.5 Å². The molecule has 0 saturated heterocycles. The van der Waals surface area contributed by atoms with Crippen LogP contribution in [0, 0.1) is 0 Å². The molecule has 30 heavy (non-hydrogen) atoms. The zero-order valence-corrected chi connectivity index (χ0v) is 16.5. The highest BCUT2D eigenvalue weighted by molar-refractivity contribution is 5.49. The Bertz CT molecular complexity index is 1200. The molecule has 0 spiro atoms. The van der Waals surface area contributed by atoms with Crippen molar-refractivity contribution in [3.63, 3.8) is 0 Å². The molecular weight excluding hydrogens is 376 g/mol. The number of nitrogens with one attached hydrogen (secondary N) is 1. The Kier molecular flexibility index (Phi) is 4.94. The van der Waals surface area contributed by atoms with Gasteiger partial charge in [0.25, 0.3) is 5.56 Å². The van der Waals surface area contributed by atoms with E-state index in [0.29, 0.717) is 24.5 Å². The molecule has 0 fully saturated rings.